The van der Waals surface area contributed by atoms with Gasteiger partial charge in [-0.15, -0.1) is 0 Å². The van der Waals surface area contributed by atoms with Gasteiger partial charge in [0.2, 0.25) is 6.79 Å². The molecule has 0 spiro atoms. The molecule has 7 nitrogen and oxygen atoms in total. The fourth-order valence-electron chi connectivity index (χ4n) is 2.96. The third-order valence-electron chi connectivity index (χ3n) is 4.36. The monoisotopic (exact) mass is 370 g/mol. The molecule has 2 amide bonds. The highest BCUT2D eigenvalue weighted by molar-refractivity contribution is 6.39. The van der Waals surface area contributed by atoms with Gasteiger partial charge in [-0.05, 0) is 36.5 Å². The van der Waals surface area contributed by atoms with Crippen molar-refractivity contribution in [2.24, 2.45) is 0 Å². The molecule has 7 heteroatoms. The van der Waals surface area contributed by atoms with E-state index in [1.54, 1.807) is 18.2 Å². The van der Waals surface area contributed by atoms with Crippen molar-refractivity contribution in [1.82, 2.24) is 5.32 Å². The molecule has 1 heterocycles. The summed E-state index contributed by atoms with van der Waals surface area (Å²) < 4.78 is 10.4. The third-order valence-corrected chi connectivity index (χ3v) is 4.36. The lowest BCUT2D eigenvalue weighted by molar-refractivity contribution is -0.136. The Hall–Kier alpha value is -3.06. The quantitative estimate of drug-likeness (QED) is 0.648. The Morgan fingerprint density at radius 2 is 1.78 bits per heavy atom. The first-order valence-electron chi connectivity index (χ1n) is 8.82. The van der Waals surface area contributed by atoms with Crippen LogP contribution in [0.3, 0.4) is 0 Å². The van der Waals surface area contributed by atoms with E-state index in [-0.39, 0.29) is 19.3 Å². The van der Waals surface area contributed by atoms with Crippen molar-refractivity contribution in [3.63, 3.8) is 0 Å². The fourth-order valence-corrected chi connectivity index (χ4v) is 2.96. The minimum atomic E-state index is -0.743. The lowest BCUT2D eigenvalue weighted by Gasteiger charge is -2.16. The van der Waals surface area contributed by atoms with E-state index >= 15 is 0 Å². The zero-order valence-electron chi connectivity index (χ0n) is 14.8. The van der Waals surface area contributed by atoms with Crippen molar-refractivity contribution < 1.29 is 24.2 Å². The van der Waals surface area contributed by atoms with Gasteiger partial charge in [0, 0.05) is 24.9 Å². The number of rotatable bonds is 7. The highest BCUT2D eigenvalue weighted by Crippen LogP contribution is 2.34. The van der Waals surface area contributed by atoms with Crippen LogP contribution in [0.15, 0.2) is 48.5 Å². The number of ether oxygens (including phenoxy) is 2. The minimum Gasteiger partial charge on any atom is -0.454 e. The third kappa shape index (κ3) is 4.98. The maximum Gasteiger partial charge on any atom is 0.313 e. The van der Waals surface area contributed by atoms with Crippen molar-refractivity contribution in [3.05, 3.63) is 54.1 Å². The molecule has 0 saturated heterocycles. The van der Waals surface area contributed by atoms with Gasteiger partial charge >= 0.3 is 11.8 Å². The fraction of sp³-hybridized carbons (Fsp3) is 0.300. The second-order valence-electron chi connectivity index (χ2n) is 6.19. The van der Waals surface area contributed by atoms with Crippen molar-refractivity contribution in [1.29, 1.82) is 0 Å². The van der Waals surface area contributed by atoms with Crippen LogP contribution in [-0.4, -0.2) is 36.9 Å². The molecule has 0 saturated carbocycles. The number of fused-ring (bicyclic) bond motifs is 1. The van der Waals surface area contributed by atoms with Crippen LogP contribution in [0.4, 0.5) is 5.69 Å². The molecule has 27 heavy (non-hydrogen) atoms. The van der Waals surface area contributed by atoms with Crippen LogP contribution in [0.2, 0.25) is 0 Å². The minimum absolute atomic E-state index is 0.0676. The molecule has 0 fully saturated rings. The lowest BCUT2D eigenvalue weighted by Crippen LogP contribution is -2.36. The Kier molecular flexibility index (Phi) is 6.27. The van der Waals surface area contributed by atoms with E-state index in [1.165, 1.54) is 0 Å². The van der Waals surface area contributed by atoms with Gasteiger partial charge in [0.1, 0.15) is 0 Å². The van der Waals surface area contributed by atoms with Gasteiger partial charge in [0.05, 0.1) is 0 Å². The Bertz CT molecular complexity index is 794. The Labute approximate surface area is 157 Å². The number of amides is 2. The van der Waals surface area contributed by atoms with Crippen LogP contribution in [-0.2, 0) is 9.59 Å². The van der Waals surface area contributed by atoms with Crippen LogP contribution < -0.4 is 20.1 Å². The van der Waals surface area contributed by atoms with Gasteiger partial charge < -0.3 is 25.2 Å². The second kappa shape index (κ2) is 9.05. The average molecular weight is 370 g/mol. The molecule has 1 aliphatic heterocycles. The first-order valence-corrected chi connectivity index (χ1v) is 8.82. The number of hydrogen-bond donors (Lipinski definition) is 3. The molecule has 0 aliphatic carbocycles. The molecule has 1 atom stereocenters. The van der Waals surface area contributed by atoms with Crippen LogP contribution in [0.5, 0.6) is 11.5 Å². The van der Waals surface area contributed by atoms with Crippen molar-refractivity contribution in [3.8, 4) is 11.5 Å². The highest BCUT2D eigenvalue weighted by Gasteiger charge is 2.18. The molecule has 1 aliphatic rings. The molecular formula is C20H22N2O5. The first-order chi connectivity index (χ1) is 13.2. The van der Waals surface area contributed by atoms with Gasteiger partial charge in [0.15, 0.2) is 11.5 Å². The Morgan fingerprint density at radius 1 is 1.00 bits per heavy atom. The van der Waals surface area contributed by atoms with E-state index in [2.05, 4.69) is 10.6 Å². The summed E-state index contributed by atoms with van der Waals surface area (Å²) in [6.45, 7) is 0.550. The second-order valence-corrected chi connectivity index (χ2v) is 6.19. The number of aliphatic hydroxyl groups excluding tert-OH is 1. The van der Waals surface area contributed by atoms with Crippen LogP contribution in [0.25, 0.3) is 0 Å². The predicted molar refractivity (Wildman–Crippen MR) is 99.7 cm³/mol. The highest BCUT2D eigenvalue weighted by atomic mass is 16.7. The molecule has 3 rings (SSSR count). The van der Waals surface area contributed by atoms with E-state index in [9.17, 15) is 14.7 Å². The first kappa shape index (κ1) is 18.7. The zero-order valence-corrected chi connectivity index (χ0v) is 14.8. The molecule has 2 aromatic carbocycles. The number of carbonyl (C=O) groups excluding carboxylic acids is 2. The van der Waals surface area contributed by atoms with Gasteiger partial charge in [0.25, 0.3) is 0 Å². The Morgan fingerprint density at radius 3 is 2.56 bits per heavy atom. The summed E-state index contributed by atoms with van der Waals surface area (Å²) in [5.41, 5.74) is 1.56. The molecular weight excluding hydrogens is 348 g/mol. The van der Waals surface area contributed by atoms with Gasteiger partial charge in [-0.25, -0.2) is 0 Å². The number of aliphatic hydroxyl groups is 1. The van der Waals surface area contributed by atoms with E-state index in [0.717, 1.165) is 5.56 Å². The molecule has 0 bridgehead atoms. The SMILES string of the molecule is O=C(NCC[C@@H](CCO)c1ccccc1)C(=O)Nc1ccc2c(c1)OCO2. The molecule has 0 unspecified atom stereocenters. The maximum atomic E-state index is 12.0. The lowest BCUT2D eigenvalue weighted by atomic mass is 9.93. The summed E-state index contributed by atoms with van der Waals surface area (Å²) in [7, 11) is 0. The van der Waals surface area contributed by atoms with Crippen molar-refractivity contribution >= 4 is 17.5 Å². The van der Waals surface area contributed by atoms with E-state index < -0.39 is 11.8 Å². The molecule has 3 N–H and O–H groups in total. The van der Waals surface area contributed by atoms with Crippen LogP contribution in [0.1, 0.15) is 24.3 Å². The number of anilines is 1. The average Bonchev–Trinajstić information content (AvgIpc) is 3.15. The largest absolute Gasteiger partial charge is 0.454 e. The van der Waals surface area contributed by atoms with Crippen LogP contribution in [0, 0.1) is 0 Å². The summed E-state index contributed by atoms with van der Waals surface area (Å²) in [5, 5.41) is 14.4. The standard InChI is InChI=1S/C20H22N2O5/c23-11-9-15(14-4-2-1-3-5-14)8-10-21-19(24)20(25)22-16-6-7-17-18(12-16)27-13-26-17/h1-7,12,15,23H,8-11,13H2,(H,21,24)(H,22,25)/t15-/m0/s1. The predicted octanol–water partition coefficient (Wildman–Crippen LogP) is 2.03. The van der Waals surface area contributed by atoms with Crippen molar-refractivity contribution in [2.75, 3.05) is 25.3 Å². The van der Waals surface area contributed by atoms with E-state index in [4.69, 9.17) is 9.47 Å². The topological polar surface area (TPSA) is 96.9 Å². The van der Waals surface area contributed by atoms with E-state index in [1.807, 2.05) is 30.3 Å². The molecule has 2 aromatic rings. The van der Waals surface area contributed by atoms with E-state index in [0.29, 0.717) is 36.6 Å². The molecule has 0 aromatic heterocycles. The summed E-state index contributed by atoms with van der Waals surface area (Å²) in [6.07, 6.45) is 1.23. The Balaban J connectivity index is 1.48. The normalized spacial score (nSPS) is 13.1. The van der Waals surface area contributed by atoms with Gasteiger partial charge in [-0.2, -0.15) is 0 Å². The molecule has 0 radical (unpaired) electrons. The smallest absolute Gasteiger partial charge is 0.313 e. The molecule has 142 valence electrons. The number of hydrogen-bond acceptors (Lipinski definition) is 5. The number of nitrogens with one attached hydrogen (secondary N) is 2. The number of carbonyl (C=O) groups is 2. The van der Waals surface area contributed by atoms with Crippen molar-refractivity contribution in [2.45, 2.75) is 18.8 Å². The summed E-state index contributed by atoms with van der Waals surface area (Å²) in [4.78, 5) is 24.1. The summed E-state index contributed by atoms with van der Waals surface area (Å²) >= 11 is 0. The summed E-state index contributed by atoms with van der Waals surface area (Å²) in [6, 6.07) is 14.7. The maximum absolute atomic E-state index is 12.0. The van der Waals surface area contributed by atoms with Gasteiger partial charge in [-0.1, -0.05) is 30.3 Å². The van der Waals surface area contributed by atoms with Gasteiger partial charge in [-0.3, -0.25) is 9.59 Å². The summed E-state index contributed by atoms with van der Waals surface area (Å²) in [5.74, 6) is -0.194. The number of benzene rings is 2. The van der Waals surface area contributed by atoms with Crippen LogP contribution >= 0.6 is 0 Å². The zero-order chi connectivity index (χ0) is 19.1.